The van der Waals surface area contributed by atoms with Crippen LogP contribution < -0.4 is 10.6 Å². The molecular weight excluding hydrogens is 437 g/mol. The molecule has 0 saturated carbocycles. The van der Waals surface area contributed by atoms with Gasteiger partial charge in [0.1, 0.15) is 5.76 Å². The Morgan fingerprint density at radius 2 is 2.04 bits per heavy atom. The summed E-state index contributed by atoms with van der Waals surface area (Å²) in [4.78, 5) is 4.61. The maximum atomic E-state index is 5.56. The van der Waals surface area contributed by atoms with Crippen molar-refractivity contribution < 1.29 is 9.15 Å². The lowest BCUT2D eigenvalue weighted by molar-refractivity contribution is 0.130. The number of ether oxygens (including phenoxy) is 1. The van der Waals surface area contributed by atoms with Crippen molar-refractivity contribution in [2.75, 3.05) is 44.9 Å². The van der Waals surface area contributed by atoms with Gasteiger partial charge in [-0.25, -0.2) is 0 Å². The fraction of sp³-hybridized carbons (Fsp3) is 0.706. The number of rotatable bonds is 13. The van der Waals surface area contributed by atoms with Crippen molar-refractivity contribution in [3.8, 4) is 0 Å². The van der Waals surface area contributed by atoms with Crippen molar-refractivity contribution in [1.82, 2.24) is 10.6 Å². The quantitative estimate of drug-likeness (QED) is 0.200. The molecule has 7 heteroatoms. The van der Waals surface area contributed by atoms with Gasteiger partial charge in [0.15, 0.2) is 5.96 Å². The first-order valence-corrected chi connectivity index (χ1v) is 9.87. The van der Waals surface area contributed by atoms with E-state index in [9.17, 15) is 0 Å². The Morgan fingerprint density at radius 1 is 1.25 bits per heavy atom. The zero-order valence-corrected chi connectivity index (χ0v) is 18.0. The van der Waals surface area contributed by atoms with Crippen molar-refractivity contribution in [3.63, 3.8) is 0 Å². The predicted octanol–water partition coefficient (Wildman–Crippen LogP) is 3.55. The maximum Gasteiger partial charge on any atom is 0.191 e. The molecule has 2 N–H and O–H groups in total. The van der Waals surface area contributed by atoms with E-state index in [-0.39, 0.29) is 24.0 Å². The molecule has 5 nitrogen and oxygen atoms in total. The van der Waals surface area contributed by atoms with Crippen molar-refractivity contribution in [1.29, 1.82) is 0 Å². The molecule has 0 fully saturated rings. The van der Waals surface area contributed by atoms with Gasteiger partial charge in [-0.05, 0) is 31.2 Å². The zero-order chi connectivity index (χ0) is 16.6. The smallest absolute Gasteiger partial charge is 0.191 e. The highest BCUT2D eigenvalue weighted by Gasteiger charge is 2.00. The topological polar surface area (TPSA) is 58.8 Å². The fourth-order valence-corrected chi connectivity index (χ4v) is 2.22. The number of guanidine groups is 1. The summed E-state index contributed by atoms with van der Waals surface area (Å²) in [7, 11) is 0. The van der Waals surface area contributed by atoms with E-state index < -0.39 is 0 Å². The van der Waals surface area contributed by atoms with E-state index in [0.29, 0.717) is 0 Å². The zero-order valence-electron chi connectivity index (χ0n) is 14.9. The number of thioether (sulfide) groups is 1. The van der Waals surface area contributed by atoms with Gasteiger partial charge in [-0.2, -0.15) is 11.8 Å². The third kappa shape index (κ3) is 12.9. The lowest BCUT2D eigenvalue weighted by Gasteiger charge is -2.12. The normalized spacial score (nSPS) is 11.2. The number of unbranched alkanes of at least 4 members (excludes halogenated alkanes) is 1. The van der Waals surface area contributed by atoms with Crippen molar-refractivity contribution >= 4 is 41.7 Å². The molecule has 0 amide bonds. The second-order valence-electron chi connectivity index (χ2n) is 5.23. The largest absolute Gasteiger partial charge is 0.469 e. The Hall–Kier alpha value is -0.410. The van der Waals surface area contributed by atoms with Gasteiger partial charge in [-0.15, -0.1) is 24.0 Å². The van der Waals surface area contributed by atoms with Crippen LogP contribution >= 0.6 is 35.7 Å². The van der Waals surface area contributed by atoms with Crippen LogP contribution in [0.5, 0.6) is 0 Å². The lowest BCUT2D eigenvalue weighted by Crippen LogP contribution is -2.39. The van der Waals surface area contributed by atoms with Crippen molar-refractivity contribution in [3.05, 3.63) is 24.2 Å². The fourth-order valence-electron chi connectivity index (χ4n) is 1.91. The SMILES string of the molecule is CCCCOCCCN=C(NCCSC)NCCc1ccco1.I. The number of furan rings is 1. The summed E-state index contributed by atoms with van der Waals surface area (Å²) in [6.45, 7) is 6.33. The highest BCUT2D eigenvalue weighted by atomic mass is 127. The first kappa shape index (κ1) is 23.6. The molecule has 1 heterocycles. The van der Waals surface area contributed by atoms with Crippen LogP contribution in [-0.4, -0.2) is 50.8 Å². The van der Waals surface area contributed by atoms with Gasteiger partial charge in [-0.3, -0.25) is 4.99 Å². The first-order chi connectivity index (χ1) is 11.4. The summed E-state index contributed by atoms with van der Waals surface area (Å²) in [5, 5.41) is 6.72. The summed E-state index contributed by atoms with van der Waals surface area (Å²) >= 11 is 1.82. The molecule has 0 unspecified atom stereocenters. The Kier molecular flexibility index (Phi) is 17.1. The van der Waals surface area contributed by atoms with E-state index in [1.165, 1.54) is 6.42 Å². The highest BCUT2D eigenvalue weighted by Crippen LogP contribution is 1.99. The van der Waals surface area contributed by atoms with Gasteiger partial charge < -0.3 is 19.8 Å². The molecule has 0 aliphatic rings. The second-order valence-corrected chi connectivity index (χ2v) is 6.21. The van der Waals surface area contributed by atoms with Gasteiger partial charge in [0.05, 0.1) is 6.26 Å². The number of halogens is 1. The Morgan fingerprint density at radius 3 is 2.75 bits per heavy atom. The Balaban J connectivity index is 0.00000529. The first-order valence-electron chi connectivity index (χ1n) is 8.48. The number of hydrogen-bond donors (Lipinski definition) is 2. The van der Waals surface area contributed by atoms with E-state index in [4.69, 9.17) is 9.15 Å². The van der Waals surface area contributed by atoms with Crippen molar-refractivity contribution in [2.45, 2.75) is 32.6 Å². The molecule has 0 radical (unpaired) electrons. The number of nitrogens with one attached hydrogen (secondary N) is 2. The molecule has 0 bridgehead atoms. The van der Waals surface area contributed by atoms with E-state index in [1.54, 1.807) is 6.26 Å². The van der Waals surface area contributed by atoms with E-state index in [1.807, 2.05) is 23.9 Å². The van der Waals surface area contributed by atoms with Gasteiger partial charge in [0.25, 0.3) is 0 Å². The molecule has 24 heavy (non-hydrogen) atoms. The summed E-state index contributed by atoms with van der Waals surface area (Å²) in [6.07, 6.45) is 7.95. The van der Waals surface area contributed by atoms with Crippen LogP contribution in [0.2, 0.25) is 0 Å². The molecule has 0 atom stereocenters. The summed E-state index contributed by atoms with van der Waals surface area (Å²) < 4.78 is 10.9. The average Bonchev–Trinajstić information content (AvgIpc) is 3.07. The predicted molar refractivity (Wildman–Crippen MR) is 115 cm³/mol. The Labute approximate surface area is 167 Å². The van der Waals surface area contributed by atoms with Crippen LogP contribution in [0.15, 0.2) is 27.8 Å². The minimum Gasteiger partial charge on any atom is -0.469 e. The molecule has 0 saturated heterocycles. The lowest BCUT2D eigenvalue weighted by atomic mass is 10.3. The minimum atomic E-state index is 0. The summed E-state index contributed by atoms with van der Waals surface area (Å²) in [6, 6.07) is 3.91. The molecule has 0 spiro atoms. The summed E-state index contributed by atoms with van der Waals surface area (Å²) in [5.74, 6) is 2.93. The average molecular weight is 469 g/mol. The highest BCUT2D eigenvalue weighted by molar-refractivity contribution is 14.0. The standard InChI is InChI=1S/C17H31N3O2S.HI/c1-3-4-12-21-13-6-9-18-17(20-11-15-23-2)19-10-8-16-7-5-14-22-16;/h5,7,14H,3-4,6,8-13,15H2,1-2H3,(H2,18,19,20);1H. The maximum absolute atomic E-state index is 5.56. The molecule has 0 aliphatic heterocycles. The third-order valence-corrected chi connectivity index (χ3v) is 3.81. The minimum absolute atomic E-state index is 0. The van der Waals surface area contributed by atoms with Crippen LogP contribution in [-0.2, 0) is 11.2 Å². The number of nitrogens with zero attached hydrogens (tertiary/aromatic N) is 1. The molecule has 1 rings (SSSR count). The van der Waals surface area contributed by atoms with E-state index in [2.05, 4.69) is 28.8 Å². The number of aliphatic imine (C=N–C) groups is 1. The second kappa shape index (κ2) is 17.4. The van der Waals surface area contributed by atoms with Gasteiger partial charge in [-0.1, -0.05) is 13.3 Å². The van der Waals surface area contributed by atoms with Crippen LogP contribution in [0, 0.1) is 0 Å². The molecular formula is C17H32IN3O2S. The van der Waals surface area contributed by atoms with Gasteiger partial charge in [0.2, 0.25) is 0 Å². The molecule has 1 aromatic rings. The van der Waals surface area contributed by atoms with Gasteiger partial charge in [0, 0.05) is 45.0 Å². The van der Waals surface area contributed by atoms with E-state index in [0.717, 1.165) is 69.6 Å². The molecule has 1 aromatic heterocycles. The third-order valence-electron chi connectivity index (χ3n) is 3.20. The molecule has 140 valence electrons. The molecule has 0 aromatic carbocycles. The Bertz CT molecular complexity index is 403. The van der Waals surface area contributed by atoms with Gasteiger partial charge >= 0.3 is 0 Å². The van der Waals surface area contributed by atoms with Crippen molar-refractivity contribution in [2.24, 2.45) is 4.99 Å². The van der Waals surface area contributed by atoms with Crippen LogP contribution in [0.25, 0.3) is 0 Å². The van der Waals surface area contributed by atoms with E-state index >= 15 is 0 Å². The number of hydrogen-bond acceptors (Lipinski definition) is 4. The van der Waals surface area contributed by atoms with Crippen LogP contribution in [0.1, 0.15) is 31.9 Å². The van der Waals surface area contributed by atoms with Crippen LogP contribution in [0.4, 0.5) is 0 Å². The van der Waals surface area contributed by atoms with Crippen LogP contribution in [0.3, 0.4) is 0 Å². The monoisotopic (exact) mass is 469 g/mol. The molecule has 0 aliphatic carbocycles. The summed E-state index contributed by atoms with van der Waals surface area (Å²) in [5.41, 5.74) is 0.